The Hall–Kier alpha value is -1.26. The van der Waals surface area contributed by atoms with Crippen LogP contribution < -0.4 is 0 Å². The molecule has 1 unspecified atom stereocenters. The highest BCUT2D eigenvalue weighted by molar-refractivity contribution is 5.79. The van der Waals surface area contributed by atoms with E-state index < -0.39 is 17.0 Å². The molecule has 5 heteroatoms. The van der Waals surface area contributed by atoms with Gasteiger partial charge in [0.1, 0.15) is 5.60 Å². The van der Waals surface area contributed by atoms with Gasteiger partial charge in [-0.2, -0.15) is 0 Å². The zero-order valence-electron chi connectivity index (χ0n) is 12.2. The quantitative estimate of drug-likeness (QED) is 0.794. The van der Waals surface area contributed by atoms with E-state index in [9.17, 15) is 14.7 Å². The third kappa shape index (κ3) is 2.42. The number of carboxylic acids is 1. The first-order chi connectivity index (χ1) is 8.60. The lowest BCUT2D eigenvalue weighted by atomic mass is 9.85. The summed E-state index contributed by atoms with van der Waals surface area (Å²) in [5.74, 6) is -0.710. The maximum atomic E-state index is 11.9. The molecule has 0 aromatic rings. The molecule has 0 bridgehead atoms. The molecule has 2 rings (SSSR count). The zero-order chi connectivity index (χ0) is 14.5. The molecular formula is C14H23NO4. The maximum absolute atomic E-state index is 11.9. The van der Waals surface area contributed by atoms with E-state index >= 15 is 0 Å². The van der Waals surface area contributed by atoms with Crippen molar-refractivity contribution in [2.24, 2.45) is 10.8 Å². The number of nitrogens with zero attached hydrogens (tertiary/aromatic N) is 1. The van der Waals surface area contributed by atoms with Crippen molar-refractivity contribution in [1.82, 2.24) is 4.90 Å². The molecule has 0 aromatic heterocycles. The maximum Gasteiger partial charge on any atom is 0.410 e. The lowest BCUT2D eigenvalue weighted by Gasteiger charge is -2.35. The van der Waals surface area contributed by atoms with Gasteiger partial charge in [-0.05, 0) is 52.4 Å². The smallest absolute Gasteiger partial charge is 0.410 e. The van der Waals surface area contributed by atoms with Crippen LogP contribution in [0.15, 0.2) is 0 Å². The topological polar surface area (TPSA) is 66.8 Å². The normalized spacial score (nSPS) is 29.2. The number of carbonyl (C=O) groups excluding carboxylic acids is 1. The molecular weight excluding hydrogens is 246 g/mol. The van der Waals surface area contributed by atoms with Gasteiger partial charge in [-0.15, -0.1) is 0 Å². The lowest BCUT2D eigenvalue weighted by Crippen LogP contribution is -2.43. The van der Waals surface area contributed by atoms with Crippen molar-refractivity contribution in [1.29, 1.82) is 0 Å². The highest BCUT2D eigenvalue weighted by atomic mass is 16.6. The van der Waals surface area contributed by atoms with E-state index in [4.69, 9.17) is 4.74 Å². The molecule has 5 nitrogen and oxygen atoms in total. The van der Waals surface area contributed by atoms with Crippen LogP contribution in [0.2, 0.25) is 0 Å². The molecule has 1 N–H and O–H groups in total. The minimum atomic E-state index is -0.710. The van der Waals surface area contributed by atoms with E-state index in [1.54, 1.807) is 4.90 Å². The van der Waals surface area contributed by atoms with Gasteiger partial charge in [0.2, 0.25) is 0 Å². The van der Waals surface area contributed by atoms with E-state index in [1.807, 2.05) is 27.7 Å². The molecule has 2 aliphatic rings. The van der Waals surface area contributed by atoms with Crippen molar-refractivity contribution in [2.45, 2.75) is 52.6 Å². The Morgan fingerprint density at radius 1 is 1.21 bits per heavy atom. The monoisotopic (exact) mass is 269 g/mol. The van der Waals surface area contributed by atoms with Crippen molar-refractivity contribution >= 4 is 12.1 Å². The van der Waals surface area contributed by atoms with E-state index in [2.05, 4.69) is 0 Å². The number of rotatable bonds is 1. The van der Waals surface area contributed by atoms with E-state index in [1.165, 1.54) is 0 Å². The van der Waals surface area contributed by atoms with Crippen LogP contribution in [-0.2, 0) is 9.53 Å². The Balaban J connectivity index is 1.91. The zero-order valence-corrected chi connectivity index (χ0v) is 12.2. The second kappa shape index (κ2) is 4.12. The summed E-state index contributed by atoms with van der Waals surface area (Å²) in [5, 5.41) is 9.25. The fourth-order valence-corrected chi connectivity index (χ4v) is 3.11. The third-order valence-electron chi connectivity index (χ3n) is 4.58. The Morgan fingerprint density at radius 2 is 1.74 bits per heavy atom. The van der Waals surface area contributed by atoms with Crippen LogP contribution in [0.3, 0.4) is 0 Å². The summed E-state index contributed by atoms with van der Waals surface area (Å²) < 4.78 is 5.34. The van der Waals surface area contributed by atoms with Gasteiger partial charge in [0.25, 0.3) is 0 Å². The minimum absolute atomic E-state index is 0.0999. The Kier molecular flexibility index (Phi) is 3.07. The SMILES string of the molecule is CC(C)(C)OC(=O)N1CCC2(CC1)CC2(C)C(=O)O. The van der Waals surface area contributed by atoms with Crippen LogP contribution in [0.4, 0.5) is 4.79 Å². The molecule has 1 saturated carbocycles. The number of hydrogen-bond donors (Lipinski definition) is 1. The van der Waals surface area contributed by atoms with Crippen LogP contribution in [0.5, 0.6) is 0 Å². The molecule has 1 amide bonds. The highest BCUT2D eigenvalue weighted by Gasteiger charge is 2.69. The van der Waals surface area contributed by atoms with E-state index in [0.29, 0.717) is 13.1 Å². The standard InChI is InChI=1S/C14H23NO4/c1-12(2,3)19-11(18)15-7-5-14(6-8-15)9-13(14,4)10(16)17/h5-9H2,1-4H3,(H,16,17). The van der Waals surface area contributed by atoms with Gasteiger partial charge < -0.3 is 14.7 Å². The average Bonchev–Trinajstić information content (AvgIpc) is 2.83. The lowest BCUT2D eigenvalue weighted by molar-refractivity contribution is -0.144. The predicted molar refractivity (Wildman–Crippen MR) is 69.8 cm³/mol. The fourth-order valence-electron chi connectivity index (χ4n) is 3.11. The molecule has 1 aliphatic carbocycles. The van der Waals surface area contributed by atoms with Crippen molar-refractivity contribution in [3.8, 4) is 0 Å². The number of ether oxygens (including phenoxy) is 1. The molecule has 1 aliphatic heterocycles. The summed E-state index contributed by atoms with van der Waals surface area (Å²) >= 11 is 0. The summed E-state index contributed by atoms with van der Waals surface area (Å²) in [6.07, 6.45) is 1.96. The molecule has 0 aromatic carbocycles. The Bertz CT molecular complexity index is 404. The molecule has 1 atom stereocenters. The summed E-state index contributed by atoms with van der Waals surface area (Å²) in [6, 6.07) is 0. The first kappa shape index (κ1) is 14.2. The number of aliphatic carboxylic acids is 1. The number of piperidine rings is 1. The number of amides is 1. The first-order valence-electron chi connectivity index (χ1n) is 6.81. The van der Waals surface area contributed by atoms with Gasteiger partial charge in [-0.25, -0.2) is 4.79 Å². The van der Waals surface area contributed by atoms with Crippen LogP contribution in [0, 0.1) is 10.8 Å². The van der Waals surface area contributed by atoms with E-state index in [0.717, 1.165) is 19.3 Å². The van der Waals surface area contributed by atoms with Gasteiger partial charge in [0.05, 0.1) is 5.41 Å². The molecule has 0 radical (unpaired) electrons. The van der Waals surface area contributed by atoms with Crippen LogP contribution in [-0.4, -0.2) is 40.8 Å². The van der Waals surface area contributed by atoms with Crippen LogP contribution in [0.25, 0.3) is 0 Å². The summed E-state index contributed by atoms with van der Waals surface area (Å²) in [6.45, 7) is 8.55. The first-order valence-corrected chi connectivity index (χ1v) is 6.81. The Labute approximate surface area is 113 Å². The van der Waals surface area contributed by atoms with Gasteiger partial charge in [0, 0.05) is 13.1 Å². The van der Waals surface area contributed by atoms with Crippen LogP contribution in [0.1, 0.15) is 47.0 Å². The summed E-state index contributed by atoms with van der Waals surface area (Å²) in [4.78, 5) is 24.9. The molecule has 19 heavy (non-hydrogen) atoms. The molecule has 2 fully saturated rings. The highest BCUT2D eigenvalue weighted by Crippen LogP contribution is 2.68. The third-order valence-corrected chi connectivity index (χ3v) is 4.58. The number of carboxylic acid groups (broad SMARTS) is 1. The van der Waals surface area contributed by atoms with Gasteiger partial charge in [-0.3, -0.25) is 4.79 Å². The molecule has 1 spiro atoms. The van der Waals surface area contributed by atoms with Crippen molar-refractivity contribution < 1.29 is 19.4 Å². The van der Waals surface area contributed by atoms with Gasteiger partial charge in [0.15, 0.2) is 0 Å². The summed E-state index contributed by atoms with van der Waals surface area (Å²) in [7, 11) is 0. The van der Waals surface area contributed by atoms with Crippen molar-refractivity contribution in [3.05, 3.63) is 0 Å². The van der Waals surface area contributed by atoms with Gasteiger partial charge in [-0.1, -0.05) is 0 Å². The molecule has 108 valence electrons. The number of hydrogen-bond acceptors (Lipinski definition) is 3. The second-order valence-electron chi connectivity index (χ2n) is 7.06. The average molecular weight is 269 g/mol. The van der Waals surface area contributed by atoms with Crippen molar-refractivity contribution in [3.63, 3.8) is 0 Å². The largest absolute Gasteiger partial charge is 0.481 e. The second-order valence-corrected chi connectivity index (χ2v) is 7.06. The number of likely N-dealkylation sites (tertiary alicyclic amines) is 1. The van der Waals surface area contributed by atoms with Crippen molar-refractivity contribution in [2.75, 3.05) is 13.1 Å². The molecule has 1 saturated heterocycles. The minimum Gasteiger partial charge on any atom is -0.481 e. The van der Waals surface area contributed by atoms with E-state index in [-0.39, 0.29) is 11.5 Å². The van der Waals surface area contributed by atoms with Crippen LogP contribution >= 0.6 is 0 Å². The van der Waals surface area contributed by atoms with Gasteiger partial charge >= 0.3 is 12.1 Å². The number of carbonyl (C=O) groups is 2. The Morgan fingerprint density at radius 3 is 2.11 bits per heavy atom. The summed E-state index contributed by atoms with van der Waals surface area (Å²) in [5.41, 5.74) is -1.17. The predicted octanol–water partition coefficient (Wildman–Crippen LogP) is 2.50. The molecule has 1 heterocycles. The fraction of sp³-hybridized carbons (Fsp3) is 0.857.